The summed E-state index contributed by atoms with van der Waals surface area (Å²) in [4.78, 5) is 14.6. The molecule has 0 bridgehead atoms. The Morgan fingerprint density at radius 1 is 1.03 bits per heavy atom. The van der Waals surface area contributed by atoms with Gasteiger partial charge in [-0.1, -0.05) is 6.07 Å². The molecule has 2 aliphatic rings. The summed E-state index contributed by atoms with van der Waals surface area (Å²) < 4.78 is 65.8. The van der Waals surface area contributed by atoms with E-state index in [-0.39, 0.29) is 22.5 Å². The molecule has 0 radical (unpaired) electrons. The van der Waals surface area contributed by atoms with E-state index in [4.69, 9.17) is 0 Å². The normalized spacial score (nSPS) is 16.9. The lowest BCUT2D eigenvalue weighted by Gasteiger charge is -2.22. The number of hydrogen-bond donors (Lipinski definition) is 1. The molecule has 0 spiro atoms. The van der Waals surface area contributed by atoms with Crippen molar-refractivity contribution in [1.29, 1.82) is 0 Å². The first-order valence-electron chi connectivity index (χ1n) is 9.74. The molecule has 2 aromatic carbocycles. The lowest BCUT2D eigenvalue weighted by atomic mass is 10.2. The molecular formula is C21H21F3N2O3S. The number of rotatable bonds is 7. The third kappa shape index (κ3) is 4.77. The van der Waals surface area contributed by atoms with Gasteiger partial charge in [0, 0.05) is 23.8 Å². The second-order valence-corrected chi connectivity index (χ2v) is 9.52. The summed E-state index contributed by atoms with van der Waals surface area (Å²) in [6, 6.07) is 9.74. The quantitative estimate of drug-likeness (QED) is 0.691. The molecule has 4 rings (SSSR count). The van der Waals surface area contributed by atoms with Crippen molar-refractivity contribution in [2.75, 3.05) is 11.3 Å². The molecule has 30 heavy (non-hydrogen) atoms. The minimum Gasteiger partial charge on any atom is -0.335 e. The zero-order valence-corrected chi connectivity index (χ0v) is 16.8. The number of nitrogens with one attached hydrogen (secondary N) is 1. The van der Waals surface area contributed by atoms with E-state index < -0.39 is 21.8 Å². The number of sulfonamides is 1. The van der Waals surface area contributed by atoms with E-state index in [1.165, 1.54) is 30.3 Å². The van der Waals surface area contributed by atoms with E-state index in [0.29, 0.717) is 11.5 Å². The number of amides is 1. The van der Waals surface area contributed by atoms with E-state index in [2.05, 4.69) is 4.72 Å². The van der Waals surface area contributed by atoms with Gasteiger partial charge in [0.05, 0.1) is 10.5 Å². The fourth-order valence-corrected chi connectivity index (χ4v) is 4.33. The second-order valence-electron chi connectivity index (χ2n) is 7.84. The molecule has 0 unspecified atom stereocenters. The number of carbonyl (C=O) groups is 1. The predicted molar refractivity (Wildman–Crippen MR) is 105 cm³/mol. The Morgan fingerprint density at radius 3 is 2.27 bits per heavy atom. The van der Waals surface area contributed by atoms with Crippen LogP contribution in [0.5, 0.6) is 0 Å². The number of alkyl halides is 3. The molecule has 0 saturated heterocycles. The van der Waals surface area contributed by atoms with Crippen LogP contribution in [0.2, 0.25) is 0 Å². The molecule has 9 heteroatoms. The van der Waals surface area contributed by atoms with Crippen LogP contribution in [0, 0.1) is 5.92 Å². The third-order valence-electron chi connectivity index (χ3n) is 5.25. The second kappa shape index (κ2) is 7.61. The van der Waals surface area contributed by atoms with Gasteiger partial charge in [-0.05, 0) is 74.1 Å². The zero-order valence-electron chi connectivity index (χ0n) is 16.0. The van der Waals surface area contributed by atoms with Gasteiger partial charge in [-0.2, -0.15) is 13.2 Å². The van der Waals surface area contributed by atoms with Crippen molar-refractivity contribution in [2.45, 2.75) is 42.8 Å². The predicted octanol–water partition coefficient (Wildman–Crippen LogP) is 4.52. The van der Waals surface area contributed by atoms with E-state index in [0.717, 1.165) is 50.4 Å². The standard InChI is InChI=1S/C21H21F3N2O3S/c22-21(23,24)16-2-1-3-17(12-16)25-30(28,29)19-10-6-15(7-11-19)20(27)26(18-8-9-18)13-14-4-5-14/h1-3,6-7,10-12,14,18,25H,4-5,8-9,13H2. The first kappa shape index (κ1) is 20.7. The number of benzene rings is 2. The molecule has 160 valence electrons. The van der Waals surface area contributed by atoms with Gasteiger partial charge in [0.25, 0.3) is 15.9 Å². The average molecular weight is 438 g/mol. The Bertz CT molecular complexity index is 1040. The molecule has 1 amide bonds. The molecule has 0 aliphatic heterocycles. The Kier molecular flexibility index (Phi) is 5.25. The summed E-state index contributed by atoms with van der Waals surface area (Å²) >= 11 is 0. The van der Waals surface area contributed by atoms with E-state index in [9.17, 15) is 26.4 Å². The number of carbonyl (C=O) groups excluding carboxylic acids is 1. The van der Waals surface area contributed by atoms with Crippen molar-refractivity contribution in [1.82, 2.24) is 4.90 Å². The molecule has 2 aromatic rings. The molecule has 0 aromatic heterocycles. The molecule has 1 N–H and O–H groups in total. The minimum absolute atomic E-state index is 0.112. The summed E-state index contributed by atoms with van der Waals surface area (Å²) in [6.45, 7) is 0.737. The van der Waals surface area contributed by atoms with Gasteiger partial charge in [-0.25, -0.2) is 8.42 Å². The Labute approximate surface area is 172 Å². The van der Waals surface area contributed by atoms with E-state index in [1.807, 2.05) is 4.90 Å². The van der Waals surface area contributed by atoms with Gasteiger partial charge in [0.2, 0.25) is 0 Å². The highest BCUT2D eigenvalue weighted by Crippen LogP contribution is 2.36. The van der Waals surface area contributed by atoms with Crippen LogP contribution in [0.4, 0.5) is 18.9 Å². The van der Waals surface area contributed by atoms with Gasteiger partial charge >= 0.3 is 6.18 Å². The van der Waals surface area contributed by atoms with Gasteiger partial charge in [-0.3, -0.25) is 9.52 Å². The zero-order chi connectivity index (χ0) is 21.5. The van der Waals surface area contributed by atoms with Gasteiger partial charge in [0.15, 0.2) is 0 Å². The van der Waals surface area contributed by atoms with Gasteiger partial charge < -0.3 is 4.90 Å². The summed E-state index contributed by atoms with van der Waals surface area (Å²) in [5, 5.41) is 0. The summed E-state index contributed by atoms with van der Waals surface area (Å²) in [7, 11) is -4.09. The van der Waals surface area contributed by atoms with Crippen LogP contribution in [-0.4, -0.2) is 31.8 Å². The van der Waals surface area contributed by atoms with Crippen molar-refractivity contribution in [2.24, 2.45) is 5.92 Å². The topological polar surface area (TPSA) is 66.5 Å². The fourth-order valence-electron chi connectivity index (χ4n) is 3.28. The fraction of sp³-hybridized carbons (Fsp3) is 0.381. The highest BCUT2D eigenvalue weighted by Gasteiger charge is 2.37. The van der Waals surface area contributed by atoms with Crippen LogP contribution in [0.3, 0.4) is 0 Å². The monoisotopic (exact) mass is 438 g/mol. The Hall–Kier alpha value is -2.55. The van der Waals surface area contributed by atoms with Gasteiger partial charge in [0.1, 0.15) is 0 Å². The van der Waals surface area contributed by atoms with Crippen LogP contribution in [0.25, 0.3) is 0 Å². The molecule has 2 saturated carbocycles. The van der Waals surface area contributed by atoms with Crippen LogP contribution in [0.15, 0.2) is 53.4 Å². The molecule has 5 nitrogen and oxygen atoms in total. The van der Waals surface area contributed by atoms with Crippen LogP contribution < -0.4 is 4.72 Å². The molecule has 0 heterocycles. The molecule has 2 fully saturated rings. The van der Waals surface area contributed by atoms with Crippen molar-refractivity contribution in [3.63, 3.8) is 0 Å². The number of hydrogen-bond acceptors (Lipinski definition) is 3. The van der Waals surface area contributed by atoms with Crippen LogP contribution in [0.1, 0.15) is 41.6 Å². The smallest absolute Gasteiger partial charge is 0.335 e. The maximum Gasteiger partial charge on any atom is 0.416 e. The maximum absolute atomic E-state index is 12.8. The summed E-state index contributed by atoms with van der Waals surface area (Å²) in [5.74, 6) is 0.449. The molecule has 0 atom stereocenters. The summed E-state index contributed by atoms with van der Waals surface area (Å²) in [6.07, 6.45) is -0.321. The lowest BCUT2D eigenvalue weighted by molar-refractivity contribution is -0.137. The lowest BCUT2D eigenvalue weighted by Crippen LogP contribution is -2.34. The number of anilines is 1. The first-order chi connectivity index (χ1) is 14.1. The van der Waals surface area contributed by atoms with Crippen molar-refractivity contribution in [3.05, 3.63) is 59.7 Å². The summed E-state index contributed by atoms with van der Waals surface area (Å²) in [5.41, 5.74) is -0.727. The molecule has 2 aliphatic carbocycles. The highest BCUT2D eigenvalue weighted by atomic mass is 32.2. The highest BCUT2D eigenvalue weighted by molar-refractivity contribution is 7.92. The van der Waals surface area contributed by atoms with Crippen molar-refractivity contribution >= 4 is 21.6 Å². The maximum atomic E-state index is 12.8. The van der Waals surface area contributed by atoms with Gasteiger partial charge in [-0.15, -0.1) is 0 Å². The van der Waals surface area contributed by atoms with E-state index in [1.54, 1.807) is 0 Å². The van der Waals surface area contributed by atoms with E-state index >= 15 is 0 Å². The SMILES string of the molecule is O=C(c1ccc(S(=O)(=O)Nc2cccc(C(F)(F)F)c2)cc1)N(CC1CC1)C1CC1. The van der Waals surface area contributed by atoms with Crippen LogP contribution in [-0.2, 0) is 16.2 Å². The number of halogens is 3. The Morgan fingerprint density at radius 2 is 1.70 bits per heavy atom. The first-order valence-corrected chi connectivity index (χ1v) is 11.2. The van der Waals surface area contributed by atoms with Crippen molar-refractivity contribution < 1.29 is 26.4 Å². The number of nitrogens with zero attached hydrogens (tertiary/aromatic N) is 1. The van der Waals surface area contributed by atoms with Crippen molar-refractivity contribution in [3.8, 4) is 0 Å². The molecular weight excluding hydrogens is 417 g/mol. The van der Waals surface area contributed by atoms with Crippen LogP contribution >= 0.6 is 0 Å². The Balaban J connectivity index is 1.49. The third-order valence-corrected chi connectivity index (χ3v) is 6.65. The largest absolute Gasteiger partial charge is 0.416 e. The average Bonchev–Trinajstić information content (AvgIpc) is 3.59. The minimum atomic E-state index is -4.57.